The summed E-state index contributed by atoms with van der Waals surface area (Å²) in [7, 11) is 3.89. The van der Waals surface area contributed by atoms with E-state index in [2.05, 4.69) is 0 Å². The van der Waals surface area contributed by atoms with Gasteiger partial charge in [0.15, 0.2) is 0 Å². The fourth-order valence-electron chi connectivity index (χ4n) is 5.09. The second kappa shape index (κ2) is 12.4. The average molecular weight is 564 g/mol. The maximum absolute atomic E-state index is 13.9. The van der Waals surface area contributed by atoms with Gasteiger partial charge in [0.2, 0.25) is 5.91 Å². The van der Waals surface area contributed by atoms with E-state index in [-0.39, 0.29) is 36.9 Å². The lowest BCUT2D eigenvalue weighted by Crippen LogP contribution is -2.47. The summed E-state index contributed by atoms with van der Waals surface area (Å²) in [4.78, 5) is 43.3. The Morgan fingerprint density at radius 1 is 1.00 bits per heavy atom. The monoisotopic (exact) mass is 563 g/mol. The van der Waals surface area contributed by atoms with Crippen molar-refractivity contribution in [2.24, 2.45) is 0 Å². The summed E-state index contributed by atoms with van der Waals surface area (Å²) in [5.41, 5.74) is 3.73. The maximum Gasteiger partial charge on any atom is 0.303 e. The largest absolute Gasteiger partial charge is 0.494 e. The van der Waals surface area contributed by atoms with E-state index in [1.807, 2.05) is 74.4 Å². The van der Waals surface area contributed by atoms with Crippen molar-refractivity contribution in [3.8, 4) is 5.75 Å². The molecule has 0 saturated heterocycles. The van der Waals surface area contributed by atoms with Crippen LogP contribution in [0.15, 0.2) is 66.7 Å². The van der Waals surface area contributed by atoms with Crippen molar-refractivity contribution in [1.29, 1.82) is 0 Å². The molecular formula is C31H34ClN3O5. The second-order valence-corrected chi connectivity index (χ2v) is 10.6. The molecule has 3 aromatic rings. The van der Waals surface area contributed by atoms with Gasteiger partial charge in [-0.05, 0) is 79.9 Å². The number of aliphatic carboxylic acids is 1. The normalized spacial score (nSPS) is 16.2. The fourth-order valence-corrected chi connectivity index (χ4v) is 5.21. The van der Waals surface area contributed by atoms with Gasteiger partial charge in [-0.2, -0.15) is 0 Å². The Morgan fingerprint density at radius 2 is 1.65 bits per heavy atom. The quantitative estimate of drug-likeness (QED) is 0.313. The lowest BCUT2D eigenvalue weighted by molar-refractivity contribution is -0.137. The summed E-state index contributed by atoms with van der Waals surface area (Å²) in [6.07, 6.45) is 0.892. The van der Waals surface area contributed by atoms with Gasteiger partial charge in [0.1, 0.15) is 5.75 Å². The van der Waals surface area contributed by atoms with Gasteiger partial charge in [-0.25, -0.2) is 0 Å². The zero-order chi connectivity index (χ0) is 29.0. The van der Waals surface area contributed by atoms with Crippen LogP contribution >= 0.6 is 11.6 Å². The number of hydrogen-bond acceptors (Lipinski definition) is 5. The van der Waals surface area contributed by atoms with Gasteiger partial charge in [-0.15, -0.1) is 0 Å². The highest BCUT2D eigenvalue weighted by atomic mass is 35.5. The van der Waals surface area contributed by atoms with Crippen LogP contribution in [0.3, 0.4) is 0 Å². The molecule has 0 radical (unpaired) electrons. The van der Waals surface area contributed by atoms with Gasteiger partial charge in [-0.3, -0.25) is 14.4 Å². The van der Waals surface area contributed by atoms with E-state index in [0.717, 1.165) is 11.3 Å². The molecule has 1 aliphatic heterocycles. The summed E-state index contributed by atoms with van der Waals surface area (Å²) in [5, 5.41) is 9.52. The Labute approximate surface area is 239 Å². The number of carbonyl (C=O) groups excluding carboxylic acids is 2. The van der Waals surface area contributed by atoms with Crippen molar-refractivity contribution < 1.29 is 24.2 Å². The topological polar surface area (TPSA) is 90.4 Å². The van der Waals surface area contributed by atoms with Crippen molar-refractivity contribution >= 4 is 46.4 Å². The molecule has 0 spiro atoms. The van der Waals surface area contributed by atoms with E-state index in [4.69, 9.17) is 21.4 Å². The van der Waals surface area contributed by atoms with Crippen LogP contribution in [0.4, 0.5) is 17.1 Å². The number of benzene rings is 3. The van der Waals surface area contributed by atoms with Crippen molar-refractivity contribution in [3.63, 3.8) is 0 Å². The van der Waals surface area contributed by atoms with Crippen molar-refractivity contribution in [3.05, 3.63) is 82.9 Å². The van der Waals surface area contributed by atoms with E-state index >= 15 is 0 Å². The Bertz CT molecular complexity index is 1370. The summed E-state index contributed by atoms with van der Waals surface area (Å²) in [6, 6.07) is 19.5. The van der Waals surface area contributed by atoms with Crippen molar-refractivity contribution in [2.45, 2.75) is 45.2 Å². The highest BCUT2D eigenvalue weighted by molar-refractivity contribution is 6.30. The molecule has 2 amide bonds. The molecule has 0 unspecified atom stereocenters. The van der Waals surface area contributed by atoms with Crippen LogP contribution in [0.2, 0.25) is 5.02 Å². The van der Waals surface area contributed by atoms with E-state index < -0.39 is 5.97 Å². The first-order valence-corrected chi connectivity index (χ1v) is 13.6. The Hall–Kier alpha value is -4.04. The van der Waals surface area contributed by atoms with E-state index in [9.17, 15) is 14.4 Å². The van der Waals surface area contributed by atoms with Gasteiger partial charge < -0.3 is 24.5 Å². The molecule has 3 aromatic carbocycles. The van der Waals surface area contributed by atoms with E-state index in [1.54, 1.807) is 28.0 Å². The highest BCUT2D eigenvalue weighted by Crippen LogP contribution is 2.44. The van der Waals surface area contributed by atoms with Crippen LogP contribution in [0.25, 0.3) is 0 Å². The Balaban J connectivity index is 1.75. The van der Waals surface area contributed by atoms with Gasteiger partial charge in [-0.1, -0.05) is 17.7 Å². The van der Waals surface area contributed by atoms with Crippen LogP contribution < -0.4 is 19.4 Å². The van der Waals surface area contributed by atoms with Crippen LogP contribution in [0.1, 0.15) is 55.1 Å². The minimum absolute atomic E-state index is 0.00622. The number of hydrogen-bond donors (Lipinski definition) is 1. The molecule has 0 fully saturated rings. The third-order valence-corrected chi connectivity index (χ3v) is 7.29. The van der Waals surface area contributed by atoms with Gasteiger partial charge in [0.05, 0.1) is 18.3 Å². The molecule has 9 heteroatoms. The highest BCUT2D eigenvalue weighted by Gasteiger charge is 2.38. The molecule has 0 aliphatic carbocycles. The van der Waals surface area contributed by atoms with E-state index in [1.165, 1.54) is 6.92 Å². The first-order chi connectivity index (χ1) is 19.1. The number of carboxylic acids is 1. The molecular weight excluding hydrogens is 530 g/mol. The third kappa shape index (κ3) is 6.39. The molecule has 0 aromatic heterocycles. The van der Waals surface area contributed by atoms with Crippen molar-refractivity contribution in [1.82, 2.24) is 0 Å². The van der Waals surface area contributed by atoms with Gasteiger partial charge in [0.25, 0.3) is 5.91 Å². The second-order valence-electron chi connectivity index (χ2n) is 10.1. The zero-order valence-corrected chi connectivity index (χ0v) is 23.9. The smallest absolute Gasteiger partial charge is 0.303 e. The molecule has 4 rings (SSSR count). The molecule has 8 nitrogen and oxygen atoms in total. The number of anilines is 3. The van der Waals surface area contributed by atoms with E-state index in [0.29, 0.717) is 40.6 Å². The molecule has 2 atom stereocenters. The van der Waals surface area contributed by atoms with Crippen LogP contribution in [0, 0.1) is 0 Å². The summed E-state index contributed by atoms with van der Waals surface area (Å²) in [6.45, 7) is 3.74. The van der Waals surface area contributed by atoms with Gasteiger partial charge in [0, 0.05) is 61.5 Å². The third-order valence-electron chi connectivity index (χ3n) is 7.03. The lowest BCUT2D eigenvalue weighted by atomic mass is 9.89. The molecule has 40 heavy (non-hydrogen) atoms. The van der Waals surface area contributed by atoms with Crippen LogP contribution in [-0.2, 0) is 9.59 Å². The summed E-state index contributed by atoms with van der Waals surface area (Å²) in [5.74, 6) is -0.632. The number of carbonyl (C=O) groups is 3. The number of ether oxygens (including phenoxy) is 1. The van der Waals surface area contributed by atoms with Crippen LogP contribution in [0.5, 0.6) is 5.75 Å². The minimum atomic E-state index is -0.880. The number of halogens is 1. The van der Waals surface area contributed by atoms with Gasteiger partial charge >= 0.3 is 5.97 Å². The number of carboxylic acid groups (broad SMARTS) is 1. The SMILES string of the molecule is CC(=O)N(c1ccc(Cl)cc1)[C@@H]1C[C@H](C)N(C(=O)c2ccc(N(C)C)cc2)c2cc(OCCCC(=O)O)ccc21. The molecule has 1 heterocycles. The predicted octanol–water partition coefficient (Wildman–Crippen LogP) is 6.18. The molecule has 0 saturated carbocycles. The first kappa shape index (κ1) is 29.0. The zero-order valence-electron chi connectivity index (χ0n) is 23.1. The van der Waals surface area contributed by atoms with Crippen LogP contribution in [-0.4, -0.2) is 49.6 Å². The number of nitrogens with zero attached hydrogens (tertiary/aromatic N) is 3. The maximum atomic E-state index is 13.9. The lowest BCUT2D eigenvalue weighted by Gasteiger charge is -2.43. The first-order valence-electron chi connectivity index (χ1n) is 13.2. The standard InChI is InChI=1S/C31H34ClN3O5/c1-20-18-28(35(21(2)36)25-13-9-23(32)10-14-25)27-16-15-26(40-17-5-6-30(37)38)19-29(27)34(20)31(39)22-7-11-24(12-8-22)33(3)4/h7-16,19-20,28H,5-6,17-18H2,1-4H3,(H,37,38)/t20-,28+/m0/s1. The number of amides is 2. The molecule has 1 aliphatic rings. The Morgan fingerprint density at radius 3 is 2.25 bits per heavy atom. The predicted molar refractivity (Wildman–Crippen MR) is 158 cm³/mol. The average Bonchev–Trinajstić information content (AvgIpc) is 2.91. The summed E-state index contributed by atoms with van der Waals surface area (Å²) < 4.78 is 5.87. The Kier molecular flexibility index (Phi) is 9.00. The fraction of sp³-hybridized carbons (Fsp3) is 0.323. The molecule has 210 valence electrons. The minimum Gasteiger partial charge on any atom is -0.494 e. The molecule has 0 bridgehead atoms. The summed E-state index contributed by atoms with van der Waals surface area (Å²) >= 11 is 6.12. The molecule has 1 N–H and O–H groups in total. The number of rotatable bonds is 9. The number of fused-ring (bicyclic) bond motifs is 1. The van der Waals surface area contributed by atoms with Crippen molar-refractivity contribution in [2.75, 3.05) is 35.4 Å².